The standard InChI is InChI=1S/C6H11ClO3S/c1-11(8,9)4-5-2-6(3-5)10-7/h5-6H,2-4H2,1H3. The molecule has 1 rings (SSSR count). The molecule has 0 unspecified atom stereocenters. The lowest BCUT2D eigenvalue weighted by Crippen LogP contribution is -2.33. The Morgan fingerprint density at radius 1 is 1.55 bits per heavy atom. The molecule has 0 saturated heterocycles. The summed E-state index contributed by atoms with van der Waals surface area (Å²) < 4.78 is 26.0. The summed E-state index contributed by atoms with van der Waals surface area (Å²) in [5, 5.41) is 0. The lowest BCUT2D eigenvalue weighted by molar-refractivity contribution is 0.0857. The Labute approximate surface area is 71.8 Å². The molecular weight excluding hydrogens is 188 g/mol. The lowest BCUT2D eigenvalue weighted by atomic mass is 9.84. The maximum Gasteiger partial charge on any atom is 0.147 e. The van der Waals surface area contributed by atoms with Crippen LogP contribution >= 0.6 is 11.9 Å². The van der Waals surface area contributed by atoms with Crippen molar-refractivity contribution in [2.45, 2.75) is 18.9 Å². The second-order valence-electron chi connectivity index (χ2n) is 3.14. The zero-order chi connectivity index (χ0) is 8.48. The normalized spacial score (nSPS) is 31.5. The van der Waals surface area contributed by atoms with Crippen molar-refractivity contribution in [2.75, 3.05) is 12.0 Å². The minimum absolute atomic E-state index is 0.0726. The van der Waals surface area contributed by atoms with E-state index in [1.807, 2.05) is 0 Å². The van der Waals surface area contributed by atoms with Gasteiger partial charge in [0.1, 0.15) is 9.84 Å². The van der Waals surface area contributed by atoms with E-state index in [0.717, 1.165) is 12.8 Å². The molecule has 0 aromatic carbocycles. The highest BCUT2D eigenvalue weighted by atomic mass is 35.5. The zero-order valence-electron chi connectivity index (χ0n) is 6.29. The monoisotopic (exact) mass is 198 g/mol. The molecule has 0 aliphatic heterocycles. The molecule has 11 heavy (non-hydrogen) atoms. The lowest BCUT2D eigenvalue weighted by Gasteiger charge is -2.31. The molecule has 66 valence electrons. The van der Waals surface area contributed by atoms with Gasteiger partial charge in [0.15, 0.2) is 0 Å². The molecule has 0 heterocycles. The van der Waals surface area contributed by atoms with Crippen LogP contribution in [0.4, 0.5) is 0 Å². The summed E-state index contributed by atoms with van der Waals surface area (Å²) in [6.07, 6.45) is 2.87. The van der Waals surface area contributed by atoms with E-state index in [4.69, 9.17) is 11.9 Å². The maximum atomic E-state index is 10.8. The minimum atomic E-state index is -2.81. The topological polar surface area (TPSA) is 43.4 Å². The van der Waals surface area contributed by atoms with Crippen LogP contribution in [0.25, 0.3) is 0 Å². The van der Waals surface area contributed by atoms with Crippen molar-refractivity contribution < 1.29 is 12.7 Å². The van der Waals surface area contributed by atoms with Gasteiger partial charge in [-0.1, -0.05) is 0 Å². The molecule has 0 spiro atoms. The number of sulfone groups is 1. The molecule has 0 bridgehead atoms. The first-order valence-electron chi connectivity index (χ1n) is 3.46. The average molecular weight is 199 g/mol. The van der Waals surface area contributed by atoms with E-state index in [9.17, 15) is 8.42 Å². The quantitative estimate of drug-likeness (QED) is 0.679. The summed E-state index contributed by atoms with van der Waals surface area (Å²) in [7, 11) is -2.81. The van der Waals surface area contributed by atoms with E-state index >= 15 is 0 Å². The van der Waals surface area contributed by atoms with Crippen LogP contribution in [-0.2, 0) is 14.1 Å². The van der Waals surface area contributed by atoms with Gasteiger partial charge in [-0.25, -0.2) is 8.42 Å². The molecule has 1 aliphatic carbocycles. The van der Waals surface area contributed by atoms with Crippen LogP contribution in [0.3, 0.4) is 0 Å². The van der Waals surface area contributed by atoms with E-state index < -0.39 is 9.84 Å². The molecule has 0 aromatic rings. The summed E-state index contributed by atoms with van der Waals surface area (Å²) in [4.78, 5) is 0. The predicted octanol–water partition coefficient (Wildman–Crippen LogP) is 0.980. The van der Waals surface area contributed by atoms with E-state index in [2.05, 4.69) is 4.29 Å². The molecule has 0 atom stereocenters. The predicted molar refractivity (Wildman–Crippen MR) is 43.2 cm³/mol. The van der Waals surface area contributed by atoms with Gasteiger partial charge in [0.25, 0.3) is 0 Å². The zero-order valence-corrected chi connectivity index (χ0v) is 7.86. The van der Waals surface area contributed by atoms with Gasteiger partial charge in [-0.05, 0) is 18.8 Å². The smallest absolute Gasteiger partial charge is 0.147 e. The van der Waals surface area contributed by atoms with Gasteiger partial charge in [0, 0.05) is 6.26 Å². The molecule has 1 saturated carbocycles. The van der Waals surface area contributed by atoms with Crippen LogP contribution in [0, 0.1) is 5.92 Å². The Morgan fingerprint density at radius 3 is 2.45 bits per heavy atom. The summed E-state index contributed by atoms with van der Waals surface area (Å²) in [6, 6.07) is 0. The molecule has 3 nitrogen and oxygen atoms in total. The highest BCUT2D eigenvalue weighted by molar-refractivity contribution is 7.90. The van der Waals surface area contributed by atoms with E-state index in [0.29, 0.717) is 0 Å². The van der Waals surface area contributed by atoms with Crippen LogP contribution in [0.2, 0.25) is 0 Å². The van der Waals surface area contributed by atoms with Crippen molar-refractivity contribution in [2.24, 2.45) is 5.92 Å². The third kappa shape index (κ3) is 2.97. The van der Waals surface area contributed by atoms with Gasteiger partial charge in [0.2, 0.25) is 0 Å². The van der Waals surface area contributed by atoms with Crippen LogP contribution in [0.5, 0.6) is 0 Å². The van der Waals surface area contributed by atoms with Gasteiger partial charge in [-0.15, -0.1) is 0 Å². The van der Waals surface area contributed by atoms with Crippen LogP contribution in [0.15, 0.2) is 0 Å². The van der Waals surface area contributed by atoms with Gasteiger partial charge < -0.3 is 0 Å². The molecule has 5 heteroatoms. The van der Waals surface area contributed by atoms with Crippen molar-refractivity contribution in [1.82, 2.24) is 0 Å². The Bertz CT molecular complexity index is 218. The highest BCUT2D eigenvalue weighted by Crippen LogP contribution is 2.31. The van der Waals surface area contributed by atoms with Crippen LogP contribution in [-0.4, -0.2) is 26.5 Å². The van der Waals surface area contributed by atoms with E-state index in [-0.39, 0.29) is 17.8 Å². The maximum absolute atomic E-state index is 10.8. The van der Waals surface area contributed by atoms with Crippen LogP contribution < -0.4 is 0 Å². The average Bonchev–Trinajstić information content (AvgIpc) is 1.75. The first-order chi connectivity index (χ1) is 5.01. The van der Waals surface area contributed by atoms with E-state index in [1.165, 1.54) is 6.26 Å². The summed E-state index contributed by atoms with van der Waals surface area (Å²) >= 11 is 5.09. The third-order valence-electron chi connectivity index (χ3n) is 1.86. The second kappa shape index (κ2) is 3.29. The van der Waals surface area contributed by atoms with Crippen molar-refractivity contribution in [3.63, 3.8) is 0 Å². The van der Waals surface area contributed by atoms with Crippen LogP contribution in [0.1, 0.15) is 12.8 Å². The molecule has 0 aromatic heterocycles. The van der Waals surface area contributed by atoms with Gasteiger partial charge >= 0.3 is 0 Å². The first-order valence-corrected chi connectivity index (χ1v) is 5.83. The number of hydrogen-bond acceptors (Lipinski definition) is 3. The Kier molecular flexibility index (Phi) is 2.78. The van der Waals surface area contributed by atoms with E-state index in [1.54, 1.807) is 0 Å². The van der Waals surface area contributed by atoms with Crippen molar-refractivity contribution >= 4 is 21.7 Å². The second-order valence-corrected chi connectivity index (χ2v) is 5.50. The Morgan fingerprint density at radius 2 is 2.09 bits per heavy atom. The fourth-order valence-electron chi connectivity index (χ4n) is 1.31. The van der Waals surface area contributed by atoms with Crippen molar-refractivity contribution in [3.8, 4) is 0 Å². The fourth-order valence-corrected chi connectivity index (χ4v) is 2.59. The highest BCUT2D eigenvalue weighted by Gasteiger charge is 2.32. The number of hydrogen-bond donors (Lipinski definition) is 0. The van der Waals surface area contributed by atoms with Gasteiger partial charge in [-0.3, -0.25) is 4.29 Å². The molecule has 0 radical (unpaired) electrons. The summed E-state index contributed by atoms with van der Waals surface area (Å²) in [5.41, 5.74) is 0. The molecular formula is C6H11ClO3S. The SMILES string of the molecule is CS(=O)(=O)CC1CC(OCl)C1. The minimum Gasteiger partial charge on any atom is -0.276 e. The molecule has 1 aliphatic rings. The Hall–Kier alpha value is 0.200. The third-order valence-corrected chi connectivity index (χ3v) is 3.19. The largest absolute Gasteiger partial charge is 0.276 e. The molecule has 0 amide bonds. The summed E-state index contributed by atoms with van der Waals surface area (Å²) in [5.74, 6) is 0.526. The van der Waals surface area contributed by atoms with Gasteiger partial charge in [0.05, 0.1) is 23.7 Å². The Balaban J connectivity index is 2.24. The first kappa shape index (κ1) is 9.29. The molecule has 1 fully saturated rings. The van der Waals surface area contributed by atoms with Gasteiger partial charge in [-0.2, -0.15) is 0 Å². The summed E-state index contributed by atoms with van der Waals surface area (Å²) in [6.45, 7) is 0. The fraction of sp³-hybridized carbons (Fsp3) is 1.00. The number of halogens is 1. The number of rotatable bonds is 3. The van der Waals surface area contributed by atoms with Crippen molar-refractivity contribution in [3.05, 3.63) is 0 Å². The molecule has 0 N–H and O–H groups in total. The van der Waals surface area contributed by atoms with Crippen molar-refractivity contribution in [1.29, 1.82) is 0 Å².